The molecule has 0 spiro atoms. The van der Waals surface area contributed by atoms with E-state index in [2.05, 4.69) is 0 Å². The zero-order chi connectivity index (χ0) is 110. The number of esters is 20. The van der Waals surface area contributed by atoms with Crippen LogP contribution in [0.1, 0.15) is 145 Å². The van der Waals surface area contributed by atoms with E-state index in [9.17, 15) is 95.9 Å². The Morgan fingerprint density at radius 2 is 0.311 bits per heavy atom. The van der Waals surface area contributed by atoms with Gasteiger partial charge in [-0.3, -0.25) is 81.5 Å². The van der Waals surface area contributed by atoms with Gasteiger partial charge in [0.05, 0.1) is 0 Å². The van der Waals surface area contributed by atoms with E-state index >= 15 is 0 Å². The van der Waals surface area contributed by atoms with Gasteiger partial charge in [-0.2, -0.15) is 0 Å². The fourth-order valence-electron chi connectivity index (χ4n) is 17.7. The van der Waals surface area contributed by atoms with Crippen molar-refractivity contribution < 1.29 is 262 Å². The second-order valence-corrected chi connectivity index (χ2v) is 75.5. The summed E-state index contributed by atoms with van der Waals surface area (Å²) in [6.45, 7) is 8.93. The van der Waals surface area contributed by atoms with Gasteiger partial charge in [-0.1, -0.05) is 0 Å². The Bertz CT molecular complexity index is 4580. The normalized spacial score (nSPS) is 33.8. The van der Waals surface area contributed by atoms with Crippen molar-refractivity contribution in [3.8, 4) is 0 Å². The van der Waals surface area contributed by atoms with E-state index in [-0.39, 0.29) is 8.37 Å². The number of hydrogen-bond acceptors (Lipinski definition) is 55. The zero-order valence-corrected chi connectivity index (χ0v) is 92.6. The predicted octanol–water partition coefficient (Wildman–Crippen LogP) is 0.397. The molecule has 21 aliphatic rings. The van der Waals surface area contributed by atoms with Crippen LogP contribution in [0.25, 0.3) is 0 Å². The number of halogens is 2. The van der Waals surface area contributed by atoms with Crippen LogP contribution in [0.3, 0.4) is 0 Å². The van der Waals surface area contributed by atoms with Crippen LogP contribution in [0.15, 0.2) is 0 Å². The number of rotatable bonds is 33. The summed E-state index contributed by atoms with van der Waals surface area (Å²) >= 11 is -7.64. The minimum absolute atomic E-state index is 0.0220. The molecule has 21 rings (SSSR count). The van der Waals surface area contributed by atoms with E-state index in [4.69, 9.17) is 184 Å². The molecule has 834 valence electrons. The standard InChI is InChI=1S/C85H114O55.4CH3.2ClH.2Sn/c1-22-23-106-72-65(114-38(9)93)58-51(24-107-31(2)86)127-79(72)134-59-52(25-108-32(3)87)128-81(73(121-45(16)100)66(59)115-39(10)94)136-61-54(27-110-34(5)89)130-83(75(123-47(18)102)68(61)117-41(12)96)138-63-56(29-112-36(7)91)132-85(77(125-49(20)104)70(63)119-43(14)98)140-64-57(30-113-37(8)92)133-84(78(126-50(21)105)71(64)120-44(15)99)139-62-55(28-111-35(6)90)131-82(76(124-48(19)103)69(62)118-42(13)97)137-60-53(26-109-33(4)88)129-80(135-58)74(122-46(17)101)67(60)116-40(11)95;;;;;;;;/h1,51-85H,22-30H2,2-21H3;4*1H3;2*1H;;/q;;;;;;;2*+1/p-2/t51-,52-,53-,54-,55-,56-,57-,58-,59-,60-,61-,62-,63-,64-,65+,66+,67+,68+,69+,70+,71+,72-,73-,74-,75-,76-,77-,78-,79-,80-,81-,82-,83-,84-,85-;;;;;;;;/m1......../s1. The second-order valence-electron chi connectivity index (χ2n) is 35.9. The van der Waals surface area contributed by atoms with Crippen LogP contribution in [-0.2, 0) is 262 Å². The SMILES string of the molecule is CC(=O)OC[C@H]1O[C@@H]2O[C@H]3[C@H](OC(C)=O)[C@@H](OC(C)=O)[C@@H](O[C@H]4[C@H](OC(C)=O)[C@@H](OC(C)=O)[C@@H](O[C@H]5[C@H](OC(C)=O)[C@@H](OC(C)=O)[C@@H](O[C@H]6[C@H](OC(C)=O)[C@@H](OC(C)=O)[C@@H](O[C@H]7[C@H](OC(C)=O)[C@@H](OC(C)=O)[C@@H](O[C@H]8[C@H](OC(C)=O)[C@@H](OC(C)=O)[C@@H](O[C@H]1[C@H](OC(C)=O)[C@H]2OCC[CH]([Sn]([CH3])([CH3])[Cl])[Sn]([CH3])([CH3])[Cl])O[C@@H]8COC(C)=O)O[C@@H]7COC(C)=O)O[C@@H]6COC(C)=O)O[C@@H]5COC(C)=O)O[C@@H]4COC(C)=O)O[C@@H]3COC(C)=O. The summed E-state index contributed by atoms with van der Waals surface area (Å²) in [4.78, 5) is 284. The monoisotopic (exact) mass is 2380 g/mol. The van der Waals surface area contributed by atoms with Crippen LogP contribution in [-0.4, -0.2) is 422 Å². The van der Waals surface area contributed by atoms with E-state index in [0.717, 1.165) is 138 Å². The van der Waals surface area contributed by atoms with E-state index in [0.29, 0.717) is 0 Å². The van der Waals surface area contributed by atoms with Crippen molar-refractivity contribution >= 4 is 172 Å². The molecule has 0 unspecified atom stereocenters. The second kappa shape index (κ2) is 56.0. The maximum atomic E-state index is 14.4. The minimum Gasteiger partial charge on any atom is -0.253 e. The topological polar surface area (TPSA) is 664 Å². The molecular weight excluding hydrogens is 2260 g/mol. The molecule has 148 heavy (non-hydrogen) atoms. The molecule has 0 amide bonds. The Balaban J connectivity index is 1.54. The fraction of sp³-hybridized carbons (Fsp3) is 0.775. The summed E-state index contributed by atoms with van der Waals surface area (Å²) in [7, 11) is 14.7. The molecule has 14 bridgehead atoms. The summed E-state index contributed by atoms with van der Waals surface area (Å²) < 4.78 is 219. The first kappa shape index (κ1) is 124. The molecule has 0 radical (unpaired) electrons. The molecule has 21 fully saturated rings. The Hall–Kier alpha value is -9.02. The van der Waals surface area contributed by atoms with Crippen LogP contribution in [0, 0.1) is 0 Å². The zero-order valence-electron chi connectivity index (χ0n) is 85.4. The van der Waals surface area contributed by atoms with Crippen molar-refractivity contribution in [3.63, 3.8) is 0 Å². The van der Waals surface area contributed by atoms with E-state index in [1.165, 1.54) is 0 Å². The Kier molecular flexibility index (Phi) is 47.0. The smallest absolute Gasteiger partial charge is 0.253 e. The fourth-order valence-corrected chi connectivity index (χ4v) is 86.7. The molecule has 35 atom stereocenters. The van der Waals surface area contributed by atoms with E-state index in [1.54, 1.807) is 0 Å². The Morgan fingerprint density at radius 3 is 0.432 bits per heavy atom. The first-order valence-corrected chi connectivity index (χ1v) is 68.4. The molecule has 21 saturated heterocycles. The molecule has 0 N–H and O–H groups in total. The molecule has 0 aromatic carbocycles. The number of hydrogen-bond donors (Lipinski definition) is 0. The average Bonchev–Trinajstić information content (AvgIpc) is 0.778. The third-order valence-corrected chi connectivity index (χ3v) is 71.9. The summed E-state index contributed by atoms with van der Waals surface area (Å²) in [6, 6.07) is 0. The van der Waals surface area contributed by atoms with Crippen molar-refractivity contribution in [2.75, 3.05) is 52.9 Å². The summed E-state index contributed by atoms with van der Waals surface area (Å²) in [5.74, 6) is -24.4. The van der Waals surface area contributed by atoms with Crippen molar-refractivity contribution in [2.24, 2.45) is 0 Å². The molecule has 0 aromatic heterocycles. The van der Waals surface area contributed by atoms with Gasteiger partial charge in [-0.25, -0.2) is 0 Å². The molecule has 0 aliphatic carbocycles. The van der Waals surface area contributed by atoms with E-state index < -0.39 is 422 Å². The first-order valence-electron chi connectivity index (χ1n) is 46.4. The molecular formula is C89H126Cl2O55Sn2. The third-order valence-electron chi connectivity index (χ3n) is 22.6. The van der Waals surface area contributed by atoms with Crippen LogP contribution in [0.4, 0.5) is 0 Å². The summed E-state index contributed by atoms with van der Waals surface area (Å²) in [5, 5.41) is 0. The number of ether oxygens (including phenoxy) is 35. The van der Waals surface area contributed by atoms with Gasteiger partial charge in [0.15, 0.2) is 74.0 Å². The van der Waals surface area contributed by atoms with Gasteiger partial charge in [-0.15, -0.1) is 0 Å². The quantitative estimate of drug-likeness (QED) is 0.0487. The van der Waals surface area contributed by atoms with Crippen molar-refractivity contribution in [2.45, 2.75) is 382 Å². The molecule has 59 heteroatoms. The number of carbonyl (C=O) groups excluding carboxylic acids is 20. The predicted molar refractivity (Wildman–Crippen MR) is 478 cm³/mol. The molecule has 55 nitrogen and oxygen atoms in total. The van der Waals surface area contributed by atoms with Crippen molar-refractivity contribution in [1.82, 2.24) is 0 Å². The summed E-state index contributed by atoms with van der Waals surface area (Å²) in [5.41, 5.74) is 0. The summed E-state index contributed by atoms with van der Waals surface area (Å²) in [6.07, 6.45) is -80.0. The first-order chi connectivity index (χ1) is 69.1. The van der Waals surface area contributed by atoms with E-state index in [1.807, 2.05) is 19.8 Å². The molecule has 0 saturated carbocycles. The van der Waals surface area contributed by atoms with Gasteiger partial charge in [0, 0.05) is 118 Å². The maximum absolute atomic E-state index is 14.4. The van der Waals surface area contributed by atoms with Crippen LogP contribution >= 0.6 is 17.8 Å². The van der Waals surface area contributed by atoms with Gasteiger partial charge in [0.2, 0.25) is 0 Å². The number of carbonyl (C=O) groups is 20. The molecule has 21 aliphatic heterocycles. The van der Waals surface area contributed by atoms with Crippen molar-refractivity contribution in [3.05, 3.63) is 0 Å². The van der Waals surface area contributed by atoms with Gasteiger partial charge in [-0.05, 0) is 0 Å². The molecule has 21 heterocycles. The van der Waals surface area contributed by atoms with Gasteiger partial charge < -0.3 is 99.5 Å². The molecule has 0 aromatic rings. The Labute approximate surface area is 862 Å². The van der Waals surface area contributed by atoms with Crippen molar-refractivity contribution in [1.29, 1.82) is 0 Å². The van der Waals surface area contributed by atoms with Gasteiger partial charge in [0.1, 0.15) is 75.3 Å². The van der Waals surface area contributed by atoms with Crippen LogP contribution in [0.2, 0.25) is 21.7 Å². The Morgan fingerprint density at radius 1 is 0.189 bits per heavy atom. The average molecular weight is 2380 g/mol. The minimum atomic E-state index is -3.82. The third kappa shape index (κ3) is 36.3. The van der Waals surface area contributed by atoms with Gasteiger partial charge in [0.25, 0.3) is 0 Å². The van der Waals surface area contributed by atoms with Gasteiger partial charge >= 0.3 is 420 Å². The van der Waals surface area contributed by atoms with Crippen LogP contribution in [0.5, 0.6) is 0 Å². The van der Waals surface area contributed by atoms with Crippen LogP contribution < -0.4 is 0 Å².